The molecular weight excluding hydrogens is 386 g/mol. The number of hydrogen-bond acceptors (Lipinski definition) is 5. The summed E-state index contributed by atoms with van der Waals surface area (Å²) in [4.78, 5) is 22.1. The van der Waals surface area contributed by atoms with E-state index < -0.39 is 12.6 Å². The van der Waals surface area contributed by atoms with E-state index in [-0.39, 0.29) is 5.91 Å². The largest absolute Gasteiger partial charge is 0.490 e. The number of carboxylic acid groups (broad SMARTS) is 1. The fourth-order valence-electron chi connectivity index (χ4n) is 3.30. The lowest BCUT2D eigenvalue weighted by atomic mass is 9.90. The molecule has 0 heterocycles. The van der Waals surface area contributed by atoms with Crippen molar-refractivity contribution in [3.8, 4) is 11.5 Å². The van der Waals surface area contributed by atoms with Gasteiger partial charge in [-0.2, -0.15) is 0 Å². The van der Waals surface area contributed by atoms with Crippen molar-refractivity contribution in [2.24, 2.45) is 0 Å². The summed E-state index contributed by atoms with van der Waals surface area (Å²) >= 11 is 0. The van der Waals surface area contributed by atoms with Crippen LogP contribution in [0.1, 0.15) is 69.8 Å². The Morgan fingerprint density at radius 3 is 2.47 bits per heavy atom. The van der Waals surface area contributed by atoms with Gasteiger partial charge >= 0.3 is 5.97 Å². The number of aliphatic carboxylic acids is 1. The van der Waals surface area contributed by atoms with Crippen molar-refractivity contribution in [2.75, 3.05) is 34.0 Å². The fraction of sp³-hybridized carbons (Fsp3) is 0.652. The van der Waals surface area contributed by atoms with Crippen LogP contribution in [0.2, 0.25) is 0 Å². The normalized spacial score (nSPS) is 11.7. The zero-order valence-corrected chi connectivity index (χ0v) is 18.6. The number of ether oxygens (including phenoxy) is 3. The van der Waals surface area contributed by atoms with E-state index in [1.807, 2.05) is 12.1 Å². The lowest BCUT2D eigenvalue weighted by Crippen LogP contribution is -2.16. The van der Waals surface area contributed by atoms with Gasteiger partial charge in [0.1, 0.15) is 0 Å². The molecule has 0 spiro atoms. The number of hydrogen-bond donors (Lipinski definition) is 2. The van der Waals surface area contributed by atoms with Gasteiger partial charge in [0.25, 0.3) is 0 Å². The molecule has 0 bridgehead atoms. The van der Waals surface area contributed by atoms with Gasteiger partial charge < -0.3 is 24.6 Å². The average molecular weight is 424 g/mol. The van der Waals surface area contributed by atoms with Crippen molar-refractivity contribution in [1.29, 1.82) is 0 Å². The van der Waals surface area contributed by atoms with Gasteiger partial charge in [-0.15, -0.1) is 0 Å². The highest BCUT2D eigenvalue weighted by Gasteiger charge is 2.14. The standard InChI is InChI=1S/C23H37NO6/c1-4-18(10-7-5-6-8-11-22(25)24-2)19-12-13-20(30-17-23(26)27)21(16-19)29-15-9-14-28-3/h12-13,16,18H,4-11,14-15,17H2,1-3H3,(H,24,25)(H,26,27)/t18-/m1/s1. The maximum atomic E-state index is 11.3. The van der Waals surface area contributed by atoms with Crippen LogP contribution in [0.25, 0.3) is 0 Å². The Balaban J connectivity index is 2.66. The number of methoxy groups -OCH3 is 1. The summed E-state index contributed by atoms with van der Waals surface area (Å²) in [5.74, 6) is 0.507. The highest BCUT2D eigenvalue weighted by molar-refractivity contribution is 5.75. The summed E-state index contributed by atoms with van der Waals surface area (Å²) in [6, 6.07) is 5.78. The first kappa shape index (κ1) is 25.8. The van der Waals surface area contributed by atoms with E-state index in [1.165, 1.54) is 5.56 Å². The van der Waals surface area contributed by atoms with E-state index in [2.05, 4.69) is 12.2 Å². The first-order valence-electron chi connectivity index (χ1n) is 10.8. The SMILES string of the molecule is CC[C@H](CCCCCCC(=O)NC)c1ccc(OCC(=O)O)c(OCCCOC)c1. The second kappa shape index (κ2) is 15.5. The highest BCUT2D eigenvalue weighted by Crippen LogP contribution is 2.34. The molecule has 0 unspecified atom stereocenters. The molecule has 7 nitrogen and oxygen atoms in total. The van der Waals surface area contributed by atoms with E-state index in [0.717, 1.165) is 44.9 Å². The Hall–Kier alpha value is -2.28. The Labute approximate surface area is 180 Å². The third-order valence-corrected chi connectivity index (χ3v) is 5.02. The molecule has 0 saturated carbocycles. The van der Waals surface area contributed by atoms with E-state index in [1.54, 1.807) is 20.2 Å². The second-order valence-electron chi connectivity index (χ2n) is 7.31. The summed E-state index contributed by atoms with van der Waals surface area (Å²) in [7, 11) is 3.31. The smallest absolute Gasteiger partial charge is 0.341 e. The molecule has 7 heteroatoms. The van der Waals surface area contributed by atoms with Crippen molar-refractivity contribution < 1.29 is 28.9 Å². The molecule has 0 aromatic heterocycles. The van der Waals surface area contributed by atoms with Crippen molar-refractivity contribution in [3.05, 3.63) is 23.8 Å². The Morgan fingerprint density at radius 1 is 1.03 bits per heavy atom. The summed E-state index contributed by atoms with van der Waals surface area (Å²) in [5.41, 5.74) is 1.17. The van der Waals surface area contributed by atoms with Crippen LogP contribution < -0.4 is 14.8 Å². The molecule has 1 aromatic carbocycles. The third-order valence-electron chi connectivity index (χ3n) is 5.02. The number of amides is 1. The molecule has 30 heavy (non-hydrogen) atoms. The molecular formula is C23H37NO6. The summed E-state index contributed by atoms with van der Waals surface area (Å²) < 4.78 is 16.3. The van der Waals surface area contributed by atoms with Gasteiger partial charge in [0, 0.05) is 33.6 Å². The van der Waals surface area contributed by atoms with Gasteiger partial charge in [-0.05, 0) is 42.9 Å². The molecule has 170 valence electrons. The summed E-state index contributed by atoms with van der Waals surface area (Å²) in [5, 5.41) is 11.5. The molecule has 2 N–H and O–H groups in total. The maximum absolute atomic E-state index is 11.3. The zero-order chi connectivity index (χ0) is 22.2. The van der Waals surface area contributed by atoms with Crippen LogP contribution in [0.5, 0.6) is 11.5 Å². The lowest BCUT2D eigenvalue weighted by molar-refractivity contribution is -0.139. The molecule has 0 fully saturated rings. The quantitative estimate of drug-likeness (QED) is 0.366. The number of carbonyl (C=O) groups is 2. The predicted molar refractivity (Wildman–Crippen MR) is 116 cm³/mol. The second-order valence-corrected chi connectivity index (χ2v) is 7.31. The number of nitrogens with one attached hydrogen (secondary N) is 1. The first-order chi connectivity index (χ1) is 14.5. The van der Waals surface area contributed by atoms with Crippen molar-refractivity contribution in [1.82, 2.24) is 5.32 Å². The molecule has 1 atom stereocenters. The Morgan fingerprint density at radius 2 is 1.80 bits per heavy atom. The van der Waals surface area contributed by atoms with Crippen LogP contribution in [0.3, 0.4) is 0 Å². The van der Waals surface area contributed by atoms with Gasteiger partial charge in [-0.25, -0.2) is 4.79 Å². The zero-order valence-electron chi connectivity index (χ0n) is 18.6. The predicted octanol–water partition coefficient (Wildman–Crippen LogP) is 4.15. The van der Waals surface area contributed by atoms with E-state index in [0.29, 0.717) is 37.1 Å². The number of benzene rings is 1. The summed E-state index contributed by atoms with van der Waals surface area (Å²) in [6.45, 7) is 2.84. The van der Waals surface area contributed by atoms with Crippen LogP contribution in [-0.2, 0) is 14.3 Å². The monoisotopic (exact) mass is 423 g/mol. The minimum atomic E-state index is -1.02. The number of carbonyl (C=O) groups excluding carboxylic acids is 1. The van der Waals surface area contributed by atoms with Crippen LogP contribution in [-0.4, -0.2) is 51.0 Å². The van der Waals surface area contributed by atoms with E-state index in [4.69, 9.17) is 19.3 Å². The highest BCUT2D eigenvalue weighted by atomic mass is 16.5. The molecule has 0 saturated heterocycles. The van der Waals surface area contributed by atoms with Crippen LogP contribution >= 0.6 is 0 Å². The number of rotatable bonds is 17. The van der Waals surface area contributed by atoms with Crippen LogP contribution in [0.15, 0.2) is 18.2 Å². The maximum Gasteiger partial charge on any atom is 0.341 e. The van der Waals surface area contributed by atoms with Crippen molar-refractivity contribution >= 4 is 11.9 Å². The van der Waals surface area contributed by atoms with E-state index >= 15 is 0 Å². The van der Waals surface area contributed by atoms with Gasteiger partial charge in [0.2, 0.25) is 5.91 Å². The van der Waals surface area contributed by atoms with Crippen molar-refractivity contribution in [2.45, 2.75) is 64.2 Å². The minimum absolute atomic E-state index is 0.102. The molecule has 0 aliphatic carbocycles. The minimum Gasteiger partial charge on any atom is -0.490 e. The number of unbranched alkanes of at least 4 members (excludes halogenated alkanes) is 3. The molecule has 0 aliphatic heterocycles. The average Bonchev–Trinajstić information content (AvgIpc) is 2.75. The van der Waals surface area contributed by atoms with Gasteiger partial charge in [0.05, 0.1) is 6.61 Å². The van der Waals surface area contributed by atoms with Gasteiger partial charge in [-0.1, -0.05) is 32.3 Å². The van der Waals surface area contributed by atoms with E-state index in [9.17, 15) is 9.59 Å². The molecule has 0 aliphatic rings. The molecule has 1 rings (SSSR count). The van der Waals surface area contributed by atoms with Crippen molar-refractivity contribution in [3.63, 3.8) is 0 Å². The third kappa shape index (κ3) is 10.5. The fourth-order valence-corrected chi connectivity index (χ4v) is 3.30. The van der Waals surface area contributed by atoms with Crippen LogP contribution in [0.4, 0.5) is 0 Å². The lowest BCUT2D eigenvalue weighted by Gasteiger charge is -2.19. The molecule has 1 aromatic rings. The first-order valence-corrected chi connectivity index (χ1v) is 10.8. The Bertz CT molecular complexity index is 634. The Kier molecular flexibility index (Phi) is 13.3. The molecule has 0 radical (unpaired) electrons. The van der Waals surface area contributed by atoms with Gasteiger partial charge in [-0.3, -0.25) is 4.79 Å². The number of carboxylic acids is 1. The van der Waals surface area contributed by atoms with Crippen LogP contribution in [0, 0.1) is 0 Å². The molecule has 1 amide bonds. The summed E-state index contributed by atoms with van der Waals surface area (Å²) in [6.07, 6.45) is 7.60. The topological polar surface area (TPSA) is 94.1 Å². The van der Waals surface area contributed by atoms with Gasteiger partial charge in [0.15, 0.2) is 18.1 Å².